The standard InChI is InChI=1S/C22H33ClO4/c1-6-20(4)11-16(27-17(25)12-23)21(5)13(2)7-9-22(14(3)19(20)26)10-8-15(24)18(21)22/h6,13-14,16,18-19,26H,1,7-12H2,2-5H3/t13?,14-,16+,18?,19-,20-,21-,22-/m0/s1. The maximum absolute atomic E-state index is 13.1. The van der Waals surface area contributed by atoms with Crippen molar-refractivity contribution in [3.05, 3.63) is 12.7 Å². The second kappa shape index (κ2) is 6.88. The fraction of sp³-hybridized carbons (Fsp3) is 0.818. The van der Waals surface area contributed by atoms with Gasteiger partial charge in [-0.2, -0.15) is 0 Å². The Morgan fingerprint density at radius 3 is 2.63 bits per heavy atom. The summed E-state index contributed by atoms with van der Waals surface area (Å²) in [7, 11) is 0. The molecular weight excluding hydrogens is 364 g/mol. The number of Topliss-reactive ketones (excluding diaryl/α,β-unsaturated/α-hetero) is 1. The molecule has 3 fully saturated rings. The highest BCUT2D eigenvalue weighted by Crippen LogP contribution is 2.67. The summed E-state index contributed by atoms with van der Waals surface area (Å²) in [5.74, 6) is -0.394. The maximum Gasteiger partial charge on any atom is 0.321 e. The fourth-order valence-electron chi connectivity index (χ4n) is 6.69. The number of esters is 1. The van der Waals surface area contributed by atoms with E-state index in [-0.39, 0.29) is 34.8 Å². The van der Waals surface area contributed by atoms with Crippen molar-refractivity contribution >= 4 is 23.4 Å². The predicted molar refractivity (Wildman–Crippen MR) is 105 cm³/mol. The minimum Gasteiger partial charge on any atom is -0.461 e. The van der Waals surface area contributed by atoms with Crippen LogP contribution in [0.2, 0.25) is 0 Å². The first-order chi connectivity index (χ1) is 12.6. The SMILES string of the molecule is C=C[C@@]1(C)C[C@@H](OC(=O)CCl)[C@]2(C)C(C)CC[C@]3(CCC(=O)C32)[C@@H](C)[C@@H]1O. The Labute approximate surface area is 167 Å². The summed E-state index contributed by atoms with van der Waals surface area (Å²) in [6.45, 7) is 12.4. The van der Waals surface area contributed by atoms with E-state index < -0.39 is 29.0 Å². The summed E-state index contributed by atoms with van der Waals surface area (Å²) < 4.78 is 5.89. The lowest BCUT2D eigenvalue weighted by Crippen LogP contribution is -2.63. The van der Waals surface area contributed by atoms with Gasteiger partial charge in [-0.15, -0.1) is 18.2 Å². The van der Waals surface area contributed by atoms with E-state index in [2.05, 4.69) is 27.4 Å². The van der Waals surface area contributed by atoms with Gasteiger partial charge in [0.1, 0.15) is 17.8 Å². The Morgan fingerprint density at radius 1 is 1.37 bits per heavy atom. The van der Waals surface area contributed by atoms with Crippen LogP contribution in [0.5, 0.6) is 0 Å². The summed E-state index contributed by atoms with van der Waals surface area (Å²) in [6.07, 6.45) is 4.39. The van der Waals surface area contributed by atoms with Gasteiger partial charge in [0.2, 0.25) is 0 Å². The highest BCUT2D eigenvalue weighted by Gasteiger charge is 2.68. The van der Waals surface area contributed by atoms with Crippen molar-refractivity contribution in [1.82, 2.24) is 0 Å². The summed E-state index contributed by atoms with van der Waals surface area (Å²) in [5.41, 5.74) is -1.31. The largest absolute Gasteiger partial charge is 0.461 e. The molecule has 3 rings (SSSR count). The quantitative estimate of drug-likeness (QED) is 0.442. The fourth-order valence-corrected chi connectivity index (χ4v) is 6.75. The van der Waals surface area contributed by atoms with Crippen LogP contribution in [0.4, 0.5) is 0 Å². The van der Waals surface area contributed by atoms with Gasteiger partial charge in [-0.25, -0.2) is 0 Å². The van der Waals surface area contributed by atoms with Crippen LogP contribution < -0.4 is 0 Å². The summed E-state index contributed by atoms with van der Waals surface area (Å²) in [4.78, 5) is 25.3. The zero-order valence-corrected chi connectivity index (χ0v) is 17.7. The molecule has 0 aromatic rings. The Hall–Kier alpha value is -0.870. The molecule has 0 amide bonds. The number of halogens is 1. The molecule has 3 saturated carbocycles. The average molecular weight is 397 g/mol. The molecule has 0 aliphatic heterocycles. The van der Waals surface area contributed by atoms with Gasteiger partial charge in [-0.1, -0.05) is 33.8 Å². The third-order valence-corrected chi connectivity index (χ3v) is 8.90. The third kappa shape index (κ3) is 2.81. The molecule has 27 heavy (non-hydrogen) atoms. The van der Waals surface area contributed by atoms with E-state index >= 15 is 0 Å². The van der Waals surface area contributed by atoms with Crippen LogP contribution >= 0.6 is 11.6 Å². The highest BCUT2D eigenvalue weighted by molar-refractivity contribution is 6.26. The van der Waals surface area contributed by atoms with E-state index in [4.69, 9.17) is 16.3 Å². The molecule has 2 unspecified atom stereocenters. The zero-order chi connectivity index (χ0) is 20.2. The van der Waals surface area contributed by atoms with E-state index in [1.54, 1.807) is 6.08 Å². The Bertz CT molecular complexity index is 648. The van der Waals surface area contributed by atoms with Crippen LogP contribution in [0.1, 0.15) is 59.8 Å². The topological polar surface area (TPSA) is 63.6 Å². The first-order valence-corrected chi connectivity index (χ1v) is 10.7. The van der Waals surface area contributed by atoms with E-state index in [0.717, 1.165) is 19.3 Å². The van der Waals surface area contributed by atoms with Gasteiger partial charge in [0.15, 0.2) is 0 Å². The summed E-state index contributed by atoms with van der Waals surface area (Å²) in [5, 5.41) is 11.4. The van der Waals surface area contributed by atoms with Crippen molar-refractivity contribution in [2.24, 2.45) is 34.0 Å². The normalized spacial score (nSPS) is 49.7. The van der Waals surface area contributed by atoms with Gasteiger partial charge < -0.3 is 9.84 Å². The number of ketones is 1. The molecule has 0 heterocycles. The van der Waals surface area contributed by atoms with Crippen molar-refractivity contribution < 1.29 is 19.4 Å². The second-order valence-electron chi connectivity index (χ2n) is 9.70. The van der Waals surface area contributed by atoms with Gasteiger partial charge in [0.05, 0.1) is 6.10 Å². The van der Waals surface area contributed by atoms with Crippen molar-refractivity contribution in [1.29, 1.82) is 0 Å². The van der Waals surface area contributed by atoms with Crippen molar-refractivity contribution in [2.45, 2.75) is 72.0 Å². The molecule has 2 bridgehead atoms. The van der Waals surface area contributed by atoms with Gasteiger partial charge in [0.25, 0.3) is 0 Å². The molecular formula is C22H33ClO4. The molecule has 3 aliphatic rings. The third-order valence-electron chi connectivity index (χ3n) is 8.68. The number of rotatable bonds is 3. The minimum atomic E-state index is -0.640. The number of carbonyl (C=O) groups is 2. The molecule has 3 aliphatic carbocycles. The second-order valence-corrected chi connectivity index (χ2v) is 9.97. The molecule has 0 aromatic carbocycles. The molecule has 4 nitrogen and oxygen atoms in total. The van der Waals surface area contributed by atoms with Gasteiger partial charge in [-0.05, 0) is 42.9 Å². The molecule has 0 saturated heterocycles. The zero-order valence-electron chi connectivity index (χ0n) is 17.0. The molecule has 0 aromatic heterocycles. The number of alkyl halides is 1. The molecule has 152 valence electrons. The lowest BCUT2D eigenvalue weighted by molar-refractivity contribution is -0.205. The molecule has 5 heteroatoms. The number of hydrogen-bond donors (Lipinski definition) is 1. The van der Waals surface area contributed by atoms with Crippen molar-refractivity contribution in [2.75, 3.05) is 5.88 Å². The van der Waals surface area contributed by atoms with Crippen LogP contribution in [0.25, 0.3) is 0 Å². The van der Waals surface area contributed by atoms with E-state index in [1.807, 2.05) is 6.92 Å². The monoisotopic (exact) mass is 396 g/mol. The Kier molecular flexibility index (Phi) is 5.31. The van der Waals surface area contributed by atoms with Gasteiger partial charge >= 0.3 is 5.97 Å². The summed E-state index contributed by atoms with van der Waals surface area (Å²) >= 11 is 5.74. The molecule has 0 radical (unpaired) electrons. The van der Waals surface area contributed by atoms with Gasteiger partial charge in [-0.3, -0.25) is 9.59 Å². The molecule has 8 atom stereocenters. The number of hydrogen-bond acceptors (Lipinski definition) is 4. The van der Waals surface area contributed by atoms with Crippen molar-refractivity contribution in [3.63, 3.8) is 0 Å². The number of aliphatic hydroxyl groups is 1. The smallest absolute Gasteiger partial charge is 0.321 e. The van der Waals surface area contributed by atoms with Crippen LogP contribution in [0, 0.1) is 34.0 Å². The number of carbonyl (C=O) groups excluding carboxylic acids is 2. The minimum absolute atomic E-state index is 0.0200. The first-order valence-electron chi connectivity index (χ1n) is 10.2. The average Bonchev–Trinajstić information content (AvgIpc) is 3.00. The lowest BCUT2D eigenvalue weighted by Gasteiger charge is -2.61. The summed E-state index contributed by atoms with van der Waals surface area (Å²) in [6, 6.07) is 0. The van der Waals surface area contributed by atoms with E-state index in [9.17, 15) is 14.7 Å². The maximum atomic E-state index is 13.1. The van der Waals surface area contributed by atoms with E-state index in [1.165, 1.54) is 0 Å². The Balaban J connectivity index is 2.21. The van der Waals surface area contributed by atoms with Crippen LogP contribution in [-0.4, -0.2) is 34.9 Å². The van der Waals surface area contributed by atoms with Gasteiger partial charge in [0, 0.05) is 23.2 Å². The van der Waals surface area contributed by atoms with E-state index in [0.29, 0.717) is 12.8 Å². The Morgan fingerprint density at radius 2 is 2.04 bits per heavy atom. The number of aliphatic hydroxyl groups excluding tert-OH is 1. The van der Waals surface area contributed by atoms with Crippen molar-refractivity contribution in [3.8, 4) is 0 Å². The van der Waals surface area contributed by atoms with Crippen LogP contribution in [-0.2, 0) is 14.3 Å². The first kappa shape index (κ1) is 20.9. The molecule has 1 N–H and O–H groups in total. The van der Waals surface area contributed by atoms with Crippen LogP contribution in [0.15, 0.2) is 12.7 Å². The molecule has 0 spiro atoms. The van der Waals surface area contributed by atoms with Crippen LogP contribution in [0.3, 0.4) is 0 Å². The highest BCUT2D eigenvalue weighted by atomic mass is 35.5. The number of ether oxygens (including phenoxy) is 1. The lowest BCUT2D eigenvalue weighted by atomic mass is 9.44. The predicted octanol–water partition coefficient (Wildman–Crippen LogP) is 4.13.